The number of rotatable bonds is 3. The van der Waals surface area contributed by atoms with E-state index in [1.165, 1.54) is 16.4 Å². The Kier molecular flexibility index (Phi) is 2.90. The number of nitrogens with zero attached hydrogens (tertiary/aromatic N) is 1. The first-order valence-corrected chi connectivity index (χ1v) is 6.61. The molecule has 3 nitrogen and oxygen atoms in total. The summed E-state index contributed by atoms with van der Waals surface area (Å²) in [6.07, 6.45) is 4.59. The molecule has 4 heteroatoms. The Labute approximate surface area is 101 Å². The van der Waals surface area contributed by atoms with Crippen molar-refractivity contribution in [3.8, 4) is 0 Å². The molecule has 0 atom stereocenters. The zero-order valence-corrected chi connectivity index (χ0v) is 10.3. The van der Waals surface area contributed by atoms with Crippen LogP contribution >= 0.6 is 0 Å². The van der Waals surface area contributed by atoms with Crippen LogP contribution in [0.1, 0.15) is 11.1 Å². The van der Waals surface area contributed by atoms with Gasteiger partial charge in [-0.05, 0) is 36.2 Å². The number of benzene rings is 1. The fourth-order valence-electron chi connectivity index (χ4n) is 1.63. The summed E-state index contributed by atoms with van der Waals surface area (Å²) in [5, 5.41) is 0. The van der Waals surface area contributed by atoms with Gasteiger partial charge in [0, 0.05) is 12.4 Å². The molecule has 2 rings (SSSR count). The third-order valence-electron chi connectivity index (χ3n) is 2.52. The molecular formula is C13H13NO2S. The second-order valence-electron chi connectivity index (χ2n) is 3.76. The van der Waals surface area contributed by atoms with Gasteiger partial charge in [-0.15, -0.1) is 0 Å². The number of aromatic nitrogens is 1. The van der Waals surface area contributed by atoms with Crippen LogP contribution in [0, 0.1) is 6.92 Å². The SMILES string of the molecule is C=Cc1ccc(C)cc1S(=O)(=O)n1cccc1. The molecule has 0 aliphatic heterocycles. The van der Waals surface area contributed by atoms with Gasteiger partial charge in [0.15, 0.2) is 0 Å². The van der Waals surface area contributed by atoms with Crippen molar-refractivity contribution >= 4 is 16.1 Å². The Morgan fingerprint density at radius 2 is 1.88 bits per heavy atom. The summed E-state index contributed by atoms with van der Waals surface area (Å²) in [6.45, 7) is 5.51. The highest BCUT2D eigenvalue weighted by atomic mass is 32.2. The summed E-state index contributed by atoms with van der Waals surface area (Å²) in [4.78, 5) is 0.281. The predicted octanol–water partition coefficient (Wildman–Crippen LogP) is 2.68. The molecule has 1 heterocycles. The molecule has 0 radical (unpaired) electrons. The van der Waals surface area contributed by atoms with Crippen LogP contribution < -0.4 is 0 Å². The highest BCUT2D eigenvalue weighted by Gasteiger charge is 2.18. The van der Waals surface area contributed by atoms with Crippen LogP contribution in [0.15, 0.2) is 54.2 Å². The molecule has 2 aromatic rings. The van der Waals surface area contributed by atoms with Gasteiger partial charge < -0.3 is 0 Å². The normalized spacial score (nSPS) is 11.4. The van der Waals surface area contributed by atoms with E-state index in [-0.39, 0.29) is 4.90 Å². The average Bonchev–Trinajstić information content (AvgIpc) is 2.83. The minimum Gasteiger partial charge on any atom is -0.249 e. The van der Waals surface area contributed by atoms with Crippen molar-refractivity contribution in [2.45, 2.75) is 11.8 Å². The van der Waals surface area contributed by atoms with Crippen molar-refractivity contribution in [1.29, 1.82) is 0 Å². The Bertz CT molecular complexity index is 640. The Morgan fingerprint density at radius 3 is 2.47 bits per heavy atom. The maximum atomic E-state index is 12.3. The Hall–Kier alpha value is -1.81. The quantitative estimate of drug-likeness (QED) is 0.836. The molecule has 0 saturated carbocycles. The lowest BCUT2D eigenvalue weighted by Gasteiger charge is -2.09. The lowest BCUT2D eigenvalue weighted by atomic mass is 10.1. The monoisotopic (exact) mass is 247 g/mol. The molecule has 0 aliphatic carbocycles. The summed E-state index contributed by atoms with van der Waals surface area (Å²) in [6, 6.07) is 8.65. The van der Waals surface area contributed by atoms with E-state index in [2.05, 4.69) is 6.58 Å². The first-order valence-electron chi connectivity index (χ1n) is 5.17. The van der Waals surface area contributed by atoms with Gasteiger partial charge in [-0.3, -0.25) is 0 Å². The molecule has 0 spiro atoms. The minimum absolute atomic E-state index is 0.281. The van der Waals surface area contributed by atoms with Crippen LogP contribution in [0.25, 0.3) is 6.08 Å². The lowest BCUT2D eigenvalue weighted by molar-refractivity contribution is 0.587. The van der Waals surface area contributed by atoms with Crippen LogP contribution in [0.2, 0.25) is 0 Å². The van der Waals surface area contributed by atoms with E-state index in [4.69, 9.17) is 0 Å². The molecule has 1 aromatic heterocycles. The van der Waals surface area contributed by atoms with Crippen molar-refractivity contribution < 1.29 is 8.42 Å². The summed E-state index contributed by atoms with van der Waals surface area (Å²) in [5.41, 5.74) is 1.52. The number of hydrogen-bond donors (Lipinski definition) is 0. The van der Waals surface area contributed by atoms with Gasteiger partial charge in [0.05, 0.1) is 4.90 Å². The first-order chi connectivity index (χ1) is 8.05. The zero-order valence-electron chi connectivity index (χ0n) is 9.50. The second-order valence-corrected chi connectivity index (χ2v) is 5.57. The first kappa shape index (κ1) is 11.7. The van der Waals surface area contributed by atoms with E-state index in [1.807, 2.05) is 13.0 Å². The van der Waals surface area contributed by atoms with E-state index in [0.29, 0.717) is 5.56 Å². The van der Waals surface area contributed by atoms with Gasteiger partial charge in [-0.1, -0.05) is 24.8 Å². The van der Waals surface area contributed by atoms with Crippen LogP contribution in [-0.4, -0.2) is 12.4 Å². The fraction of sp³-hybridized carbons (Fsp3) is 0.0769. The average molecular weight is 247 g/mol. The molecule has 0 saturated heterocycles. The molecule has 0 aliphatic rings. The Morgan fingerprint density at radius 1 is 1.24 bits per heavy atom. The van der Waals surface area contributed by atoms with E-state index in [1.54, 1.807) is 30.3 Å². The largest absolute Gasteiger partial charge is 0.268 e. The summed E-state index contributed by atoms with van der Waals surface area (Å²) in [7, 11) is -3.52. The molecule has 0 amide bonds. The molecular weight excluding hydrogens is 234 g/mol. The van der Waals surface area contributed by atoms with Gasteiger partial charge in [0.2, 0.25) is 0 Å². The summed E-state index contributed by atoms with van der Waals surface area (Å²) >= 11 is 0. The molecule has 17 heavy (non-hydrogen) atoms. The van der Waals surface area contributed by atoms with Gasteiger partial charge in [0.25, 0.3) is 10.0 Å². The maximum Gasteiger partial charge on any atom is 0.268 e. The topological polar surface area (TPSA) is 39.1 Å². The van der Waals surface area contributed by atoms with Crippen LogP contribution in [0.5, 0.6) is 0 Å². The maximum absolute atomic E-state index is 12.3. The standard InChI is InChI=1S/C13H13NO2S/c1-3-12-7-6-11(2)10-13(12)17(15,16)14-8-4-5-9-14/h3-10H,1H2,2H3. The lowest BCUT2D eigenvalue weighted by Crippen LogP contribution is -2.12. The van der Waals surface area contributed by atoms with Crippen LogP contribution in [0.4, 0.5) is 0 Å². The molecule has 0 N–H and O–H groups in total. The van der Waals surface area contributed by atoms with E-state index >= 15 is 0 Å². The predicted molar refractivity (Wildman–Crippen MR) is 68.3 cm³/mol. The molecule has 0 fully saturated rings. The smallest absolute Gasteiger partial charge is 0.249 e. The van der Waals surface area contributed by atoms with Crippen molar-refractivity contribution in [3.05, 3.63) is 60.4 Å². The molecule has 0 unspecified atom stereocenters. The van der Waals surface area contributed by atoms with Crippen molar-refractivity contribution in [2.24, 2.45) is 0 Å². The van der Waals surface area contributed by atoms with Crippen LogP contribution in [0.3, 0.4) is 0 Å². The van der Waals surface area contributed by atoms with Crippen molar-refractivity contribution in [2.75, 3.05) is 0 Å². The third kappa shape index (κ3) is 2.03. The highest BCUT2D eigenvalue weighted by Crippen LogP contribution is 2.21. The molecule has 88 valence electrons. The van der Waals surface area contributed by atoms with Crippen LogP contribution in [-0.2, 0) is 10.0 Å². The molecule has 1 aromatic carbocycles. The zero-order chi connectivity index (χ0) is 12.5. The van der Waals surface area contributed by atoms with Gasteiger partial charge in [-0.2, -0.15) is 0 Å². The third-order valence-corrected chi connectivity index (χ3v) is 4.23. The minimum atomic E-state index is -3.52. The Balaban J connectivity index is 2.69. The van der Waals surface area contributed by atoms with Crippen molar-refractivity contribution in [3.63, 3.8) is 0 Å². The van der Waals surface area contributed by atoms with E-state index in [0.717, 1.165) is 5.56 Å². The highest BCUT2D eigenvalue weighted by molar-refractivity contribution is 7.90. The van der Waals surface area contributed by atoms with Gasteiger partial charge in [-0.25, -0.2) is 12.4 Å². The van der Waals surface area contributed by atoms with E-state index < -0.39 is 10.0 Å². The van der Waals surface area contributed by atoms with Crippen molar-refractivity contribution in [1.82, 2.24) is 3.97 Å². The summed E-state index contributed by atoms with van der Waals surface area (Å²) in [5.74, 6) is 0. The number of hydrogen-bond acceptors (Lipinski definition) is 2. The van der Waals surface area contributed by atoms with E-state index in [9.17, 15) is 8.42 Å². The van der Waals surface area contributed by atoms with Gasteiger partial charge in [0.1, 0.15) is 0 Å². The number of aryl methyl sites for hydroxylation is 1. The second kappa shape index (κ2) is 4.22. The molecule has 0 bridgehead atoms. The van der Waals surface area contributed by atoms with Gasteiger partial charge >= 0.3 is 0 Å². The fourth-order valence-corrected chi connectivity index (χ4v) is 3.10. The summed E-state index contributed by atoms with van der Waals surface area (Å²) < 4.78 is 25.9.